The van der Waals surface area contributed by atoms with E-state index in [4.69, 9.17) is 0 Å². The molecule has 0 atom stereocenters. The van der Waals surface area contributed by atoms with E-state index in [-0.39, 0.29) is 16.4 Å². The lowest BCUT2D eigenvalue weighted by molar-refractivity contribution is -0.376. The number of rotatable bonds is 5. The van der Waals surface area contributed by atoms with Crippen LogP contribution in [0.1, 0.15) is 10.4 Å². The average Bonchev–Trinajstić information content (AvgIpc) is 3.03. The molecule has 0 aliphatic heterocycles. The highest BCUT2D eigenvalue weighted by Crippen LogP contribution is 2.50. The molecule has 0 radical (unpaired) electrons. The quantitative estimate of drug-likeness (QED) is 0.579. The summed E-state index contributed by atoms with van der Waals surface area (Å²) in [5.41, 5.74) is -7.90. The topological polar surface area (TPSA) is 57.6 Å². The van der Waals surface area contributed by atoms with Crippen molar-refractivity contribution in [3.05, 3.63) is 46.2 Å². The van der Waals surface area contributed by atoms with Gasteiger partial charge in [-0.15, -0.1) is 11.3 Å². The third-order valence-electron chi connectivity index (χ3n) is 4.01. The molecule has 0 saturated heterocycles. The third-order valence-corrected chi connectivity index (χ3v) is 6.77. The minimum Gasteiger partial charge on any atom is -0.369 e. The van der Waals surface area contributed by atoms with Crippen LogP contribution in [0.3, 0.4) is 0 Å². The molecule has 0 aliphatic carbocycles. The normalized spacial score (nSPS) is 14.0. The number of nitrogens with zero attached hydrogens (tertiary/aromatic N) is 1. The number of benzene rings is 1. The number of halogens is 9. The van der Waals surface area contributed by atoms with Crippen LogP contribution in [0.2, 0.25) is 0 Å². The van der Waals surface area contributed by atoms with E-state index in [2.05, 4.69) is 0 Å². The van der Waals surface area contributed by atoms with Crippen LogP contribution in [0.5, 0.6) is 0 Å². The summed E-state index contributed by atoms with van der Waals surface area (Å²) < 4.78 is 142. The van der Waals surface area contributed by atoms with E-state index in [0.717, 1.165) is 22.8 Å². The summed E-state index contributed by atoms with van der Waals surface area (Å²) in [5.74, 6) is 0. The highest BCUT2D eigenvalue weighted by atomic mass is 32.2. The average molecular weight is 501 g/mol. The Morgan fingerprint density at radius 1 is 0.935 bits per heavy atom. The summed E-state index contributed by atoms with van der Waals surface area (Å²) in [4.78, 5) is -0.105. The summed E-state index contributed by atoms with van der Waals surface area (Å²) >= 11 is 0.903. The van der Waals surface area contributed by atoms with Gasteiger partial charge in [0.15, 0.2) is 0 Å². The molecule has 0 aliphatic rings. The van der Waals surface area contributed by atoms with Crippen LogP contribution < -0.4 is 4.31 Å². The highest BCUT2D eigenvalue weighted by Gasteiger charge is 2.71. The SMILES string of the molecule is Cc1cc(S(=O)(=O)N(CC(F)(F)F)c2ccc(C(O)(C(F)(F)F)C(F)(F)F)cc2)cs1. The van der Waals surface area contributed by atoms with Gasteiger partial charge in [-0.05, 0) is 25.1 Å². The van der Waals surface area contributed by atoms with Crippen LogP contribution in [0.25, 0.3) is 0 Å². The van der Waals surface area contributed by atoms with Crippen molar-refractivity contribution in [1.82, 2.24) is 0 Å². The monoisotopic (exact) mass is 501 g/mol. The van der Waals surface area contributed by atoms with Crippen LogP contribution in [0.15, 0.2) is 40.6 Å². The molecule has 1 N–H and O–H groups in total. The van der Waals surface area contributed by atoms with E-state index in [9.17, 15) is 53.0 Å². The molecule has 4 nitrogen and oxygen atoms in total. The molecule has 2 rings (SSSR count). The van der Waals surface area contributed by atoms with Gasteiger partial charge in [-0.2, -0.15) is 39.5 Å². The number of hydrogen-bond donors (Lipinski definition) is 1. The first kappa shape index (κ1) is 25.3. The molecule has 0 spiro atoms. The molecule has 1 heterocycles. The van der Waals surface area contributed by atoms with Gasteiger partial charge in [0.1, 0.15) is 6.54 Å². The Balaban J connectivity index is 2.60. The summed E-state index contributed by atoms with van der Waals surface area (Å²) in [5, 5.41) is 10.4. The third kappa shape index (κ3) is 4.92. The van der Waals surface area contributed by atoms with Crippen LogP contribution in [-0.2, 0) is 15.6 Å². The number of hydrogen-bond acceptors (Lipinski definition) is 4. The van der Waals surface area contributed by atoms with Crippen LogP contribution >= 0.6 is 11.3 Å². The molecule has 0 unspecified atom stereocenters. The Hall–Kier alpha value is -2.00. The van der Waals surface area contributed by atoms with Gasteiger partial charge < -0.3 is 5.11 Å². The van der Waals surface area contributed by atoms with Gasteiger partial charge in [-0.3, -0.25) is 4.31 Å². The number of aliphatic hydroxyl groups is 1. The predicted octanol–water partition coefficient (Wildman–Crippen LogP) is 5.13. The minimum absolute atomic E-state index is 0.0636. The number of thiophene rings is 1. The molecule has 1 aromatic heterocycles. The molecule has 2 aromatic rings. The van der Waals surface area contributed by atoms with Crippen LogP contribution in [-0.4, -0.2) is 38.6 Å². The zero-order valence-electron chi connectivity index (χ0n) is 15.1. The molecule has 0 amide bonds. The summed E-state index contributed by atoms with van der Waals surface area (Å²) in [6, 6.07) is 1.83. The maximum absolute atomic E-state index is 13.0. The Kier molecular flexibility index (Phi) is 6.40. The second-order valence-electron chi connectivity index (χ2n) is 6.27. The number of sulfonamides is 1. The second kappa shape index (κ2) is 7.85. The second-order valence-corrected chi connectivity index (χ2v) is 9.25. The Labute approximate surface area is 173 Å². The molecule has 0 saturated carbocycles. The summed E-state index contributed by atoms with van der Waals surface area (Å²) in [6.45, 7) is -0.617. The van der Waals surface area contributed by atoms with Crippen molar-refractivity contribution in [2.75, 3.05) is 10.8 Å². The van der Waals surface area contributed by atoms with Crippen molar-refractivity contribution in [2.45, 2.75) is 35.9 Å². The molecular formula is C16H12F9NO3S2. The van der Waals surface area contributed by atoms with Crippen LogP contribution in [0, 0.1) is 6.92 Å². The van der Waals surface area contributed by atoms with Crippen molar-refractivity contribution >= 4 is 27.0 Å². The predicted molar refractivity (Wildman–Crippen MR) is 92.1 cm³/mol. The van der Waals surface area contributed by atoms with Gasteiger partial charge in [-0.25, -0.2) is 8.42 Å². The van der Waals surface area contributed by atoms with Gasteiger partial charge in [0.25, 0.3) is 15.6 Å². The van der Waals surface area contributed by atoms with Gasteiger partial charge in [-0.1, -0.05) is 12.1 Å². The molecular weight excluding hydrogens is 489 g/mol. The number of alkyl halides is 9. The first-order valence-electron chi connectivity index (χ1n) is 7.92. The standard InChI is InChI=1S/C16H12F9NO3S2/c1-9-6-12(7-30-9)31(28,29)26(8-13(17,18)19)11-4-2-10(3-5-11)14(27,15(20,21)22)16(23,24)25/h2-7,27H,8H2,1H3. The highest BCUT2D eigenvalue weighted by molar-refractivity contribution is 7.93. The van der Waals surface area contributed by atoms with E-state index in [1.807, 2.05) is 0 Å². The minimum atomic E-state index is -6.21. The maximum atomic E-state index is 13.0. The maximum Gasteiger partial charge on any atom is 0.430 e. The molecule has 15 heteroatoms. The summed E-state index contributed by atoms with van der Waals surface area (Å²) in [6.07, 6.45) is -17.5. The fourth-order valence-electron chi connectivity index (χ4n) is 2.52. The lowest BCUT2D eigenvalue weighted by Crippen LogP contribution is -2.53. The zero-order valence-corrected chi connectivity index (χ0v) is 16.7. The number of anilines is 1. The van der Waals surface area contributed by atoms with E-state index < -0.39 is 56.8 Å². The molecule has 0 fully saturated rings. The summed E-state index contributed by atoms with van der Waals surface area (Å²) in [7, 11) is -4.85. The fraction of sp³-hybridized carbons (Fsp3) is 0.375. The Morgan fingerprint density at radius 3 is 1.77 bits per heavy atom. The van der Waals surface area contributed by atoms with E-state index in [0.29, 0.717) is 17.0 Å². The fourth-order valence-corrected chi connectivity index (χ4v) is 5.08. The van der Waals surface area contributed by atoms with Crippen molar-refractivity contribution in [3.63, 3.8) is 0 Å². The Bertz CT molecular complexity index is 1010. The van der Waals surface area contributed by atoms with Gasteiger partial charge >= 0.3 is 18.5 Å². The first-order chi connectivity index (χ1) is 13.8. The van der Waals surface area contributed by atoms with Crippen molar-refractivity contribution < 1.29 is 53.0 Å². The van der Waals surface area contributed by atoms with E-state index in [1.54, 1.807) is 0 Å². The van der Waals surface area contributed by atoms with Crippen molar-refractivity contribution in [2.24, 2.45) is 0 Å². The zero-order chi connectivity index (χ0) is 24.0. The lowest BCUT2D eigenvalue weighted by Gasteiger charge is -2.33. The molecule has 0 bridgehead atoms. The van der Waals surface area contributed by atoms with Crippen molar-refractivity contribution in [1.29, 1.82) is 0 Å². The van der Waals surface area contributed by atoms with Gasteiger partial charge in [0.2, 0.25) is 0 Å². The van der Waals surface area contributed by atoms with Gasteiger partial charge in [0, 0.05) is 15.8 Å². The van der Waals surface area contributed by atoms with E-state index >= 15 is 0 Å². The molecule has 31 heavy (non-hydrogen) atoms. The van der Waals surface area contributed by atoms with Gasteiger partial charge in [0.05, 0.1) is 10.6 Å². The first-order valence-corrected chi connectivity index (χ1v) is 10.2. The molecule has 174 valence electrons. The smallest absolute Gasteiger partial charge is 0.369 e. The largest absolute Gasteiger partial charge is 0.430 e. The van der Waals surface area contributed by atoms with Crippen molar-refractivity contribution in [3.8, 4) is 0 Å². The lowest BCUT2D eigenvalue weighted by atomic mass is 9.92. The Morgan fingerprint density at radius 2 is 1.42 bits per heavy atom. The van der Waals surface area contributed by atoms with E-state index in [1.165, 1.54) is 6.92 Å². The number of aryl methyl sites for hydroxylation is 1. The van der Waals surface area contributed by atoms with Crippen LogP contribution in [0.4, 0.5) is 45.2 Å². The molecule has 1 aromatic carbocycles.